The molecule has 0 amide bonds. The van der Waals surface area contributed by atoms with Crippen LogP contribution < -0.4 is 10.7 Å². The van der Waals surface area contributed by atoms with Gasteiger partial charge in [-0.15, -0.1) is 0 Å². The first-order valence-electron chi connectivity index (χ1n) is 6.27. The van der Waals surface area contributed by atoms with Gasteiger partial charge in [-0.1, -0.05) is 30.1 Å². The predicted octanol–water partition coefficient (Wildman–Crippen LogP) is 2.92. The van der Waals surface area contributed by atoms with Gasteiger partial charge in [-0.25, -0.2) is 0 Å². The highest BCUT2D eigenvalue weighted by Crippen LogP contribution is 2.32. The summed E-state index contributed by atoms with van der Waals surface area (Å²) in [6.45, 7) is 3.01. The molecule has 1 rings (SSSR count). The molecule has 116 valence electrons. The number of benzene rings is 1. The van der Waals surface area contributed by atoms with E-state index in [0.29, 0.717) is 41.0 Å². The maximum atomic E-state index is 10.00. The minimum Gasteiger partial charge on any atom is -0.506 e. The Balaban J connectivity index is 2.83. The van der Waals surface area contributed by atoms with Gasteiger partial charge < -0.3 is 15.2 Å². The molecule has 1 aromatic rings. The Kier molecular flexibility index (Phi) is 7.74. The van der Waals surface area contributed by atoms with Crippen molar-refractivity contribution >= 4 is 46.2 Å². The molecule has 0 unspecified atom stereocenters. The molecule has 0 saturated heterocycles. The summed E-state index contributed by atoms with van der Waals surface area (Å²) >= 11 is 16.9. The quantitative estimate of drug-likeness (QED) is 0.319. The fraction of sp³-hybridized carbons (Fsp3) is 0.385. The van der Waals surface area contributed by atoms with Gasteiger partial charge in [0.05, 0.1) is 17.3 Å². The van der Waals surface area contributed by atoms with Gasteiger partial charge in [0, 0.05) is 24.2 Å². The molecule has 5 nitrogen and oxygen atoms in total. The topological polar surface area (TPSA) is 65.9 Å². The molecule has 0 saturated carbocycles. The number of nitrogens with zero attached hydrogens (tertiary/aromatic N) is 1. The highest BCUT2D eigenvalue weighted by molar-refractivity contribution is 7.80. The zero-order valence-electron chi connectivity index (χ0n) is 11.7. The van der Waals surface area contributed by atoms with Crippen molar-refractivity contribution in [2.45, 2.75) is 13.3 Å². The van der Waals surface area contributed by atoms with E-state index >= 15 is 0 Å². The highest BCUT2D eigenvalue weighted by atomic mass is 35.5. The monoisotopic (exact) mass is 349 g/mol. The second kappa shape index (κ2) is 9.04. The molecule has 0 aliphatic heterocycles. The molecule has 0 bridgehead atoms. The Morgan fingerprint density at radius 2 is 2.14 bits per heavy atom. The average molecular weight is 350 g/mol. The minimum absolute atomic E-state index is 0.0540. The molecule has 21 heavy (non-hydrogen) atoms. The second-order valence-corrected chi connectivity index (χ2v) is 5.31. The SMILES string of the molecule is CC/C(=N\NC(=S)NCCOC)c1cc(Cl)cc(Cl)c1O. The number of thiocarbonyl (C=S) groups is 1. The number of phenolic OH excluding ortho intramolecular Hbond substituents is 1. The van der Waals surface area contributed by atoms with Crippen molar-refractivity contribution in [3.8, 4) is 5.75 Å². The number of phenols is 1. The number of hydrogen-bond donors (Lipinski definition) is 3. The van der Waals surface area contributed by atoms with E-state index in [2.05, 4.69) is 15.8 Å². The van der Waals surface area contributed by atoms with E-state index < -0.39 is 0 Å². The highest BCUT2D eigenvalue weighted by Gasteiger charge is 2.12. The standard InChI is InChI=1S/C13H17Cl2N3O2S/c1-3-11(17-18-13(21)16-4-5-20-2)9-6-8(14)7-10(15)12(9)19/h6-7,19H,3-5H2,1-2H3,(H2,16,18,21)/b17-11+. The third-order valence-corrected chi connectivity index (χ3v) is 3.30. The number of rotatable bonds is 6. The smallest absolute Gasteiger partial charge is 0.187 e. The Labute approximate surface area is 139 Å². The van der Waals surface area contributed by atoms with Crippen LogP contribution in [0.4, 0.5) is 0 Å². The normalized spacial score (nSPS) is 11.3. The Morgan fingerprint density at radius 3 is 2.76 bits per heavy atom. The van der Waals surface area contributed by atoms with Gasteiger partial charge in [-0.2, -0.15) is 5.10 Å². The molecular formula is C13H17Cl2N3O2S. The summed E-state index contributed by atoms with van der Waals surface area (Å²) in [5, 5.41) is 18.1. The number of halogens is 2. The van der Waals surface area contributed by atoms with Crippen molar-refractivity contribution in [1.29, 1.82) is 0 Å². The van der Waals surface area contributed by atoms with E-state index in [-0.39, 0.29) is 10.8 Å². The van der Waals surface area contributed by atoms with Crippen LogP contribution >= 0.6 is 35.4 Å². The summed E-state index contributed by atoms with van der Waals surface area (Å²) in [4.78, 5) is 0. The van der Waals surface area contributed by atoms with Gasteiger partial charge in [-0.3, -0.25) is 5.43 Å². The van der Waals surface area contributed by atoms with Crippen LogP contribution in [0.5, 0.6) is 5.75 Å². The van der Waals surface area contributed by atoms with Gasteiger partial charge >= 0.3 is 0 Å². The molecule has 0 atom stereocenters. The Hall–Kier alpha value is -1.08. The van der Waals surface area contributed by atoms with Crippen molar-refractivity contribution in [1.82, 2.24) is 10.7 Å². The van der Waals surface area contributed by atoms with Crippen LogP contribution in [0.3, 0.4) is 0 Å². The first-order chi connectivity index (χ1) is 9.99. The van der Waals surface area contributed by atoms with Gasteiger partial charge in [0.15, 0.2) is 5.11 Å². The van der Waals surface area contributed by atoms with Crippen molar-refractivity contribution in [2.24, 2.45) is 5.10 Å². The minimum atomic E-state index is -0.0540. The molecule has 0 radical (unpaired) electrons. The van der Waals surface area contributed by atoms with Gasteiger partial charge in [0.25, 0.3) is 0 Å². The average Bonchev–Trinajstić information content (AvgIpc) is 2.44. The number of hydrogen-bond acceptors (Lipinski definition) is 4. The molecule has 3 N–H and O–H groups in total. The van der Waals surface area contributed by atoms with Crippen LogP contribution in [0.15, 0.2) is 17.2 Å². The molecule has 1 aromatic carbocycles. The summed E-state index contributed by atoms with van der Waals surface area (Å²) in [6, 6.07) is 3.08. The van der Waals surface area contributed by atoms with Crippen molar-refractivity contribution in [3.63, 3.8) is 0 Å². The van der Waals surface area contributed by atoms with Gasteiger partial charge in [-0.05, 0) is 30.8 Å². The fourth-order valence-corrected chi connectivity index (χ4v) is 2.18. The zero-order chi connectivity index (χ0) is 15.8. The van der Waals surface area contributed by atoms with E-state index in [1.54, 1.807) is 13.2 Å². The van der Waals surface area contributed by atoms with Crippen LogP contribution in [0.25, 0.3) is 0 Å². The van der Waals surface area contributed by atoms with E-state index in [1.165, 1.54) is 6.07 Å². The molecule has 0 heterocycles. The molecule has 0 aromatic heterocycles. The van der Waals surface area contributed by atoms with Crippen molar-refractivity contribution in [3.05, 3.63) is 27.7 Å². The number of nitrogens with one attached hydrogen (secondary N) is 2. The number of ether oxygens (including phenoxy) is 1. The zero-order valence-corrected chi connectivity index (χ0v) is 14.1. The van der Waals surface area contributed by atoms with Crippen LogP contribution in [-0.2, 0) is 4.74 Å². The number of aromatic hydroxyl groups is 1. The maximum absolute atomic E-state index is 10.00. The van der Waals surface area contributed by atoms with E-state index in [4.69, 9.17) is 40.2 Å². The van der Waals surface area contributed by atoms with E-state index in [1.807, 2.05) is 6.92 Å². The summed E-state index contributed by atoms with van der Waals surface area (Å²) in [5.74, 6) is -0.0540. The summed E-state index contributed by atoms with van der Waals surface area (Å²) < 4.78 is 4.90. The summed E-state index contributed by atoms with van der Waals surface area (Å²) in [6.07, 6.45) is 0.567. The predicted molar refractivity (Wildman–Crippen MR) is 90.6 cm³/mol. The second-order valence-electron chi connectivity index (χ2n) is 4.06. The third kappa shape index (κ3) is 5.67. The van der Waals surface area contributed by atoms with Gasteiger partial charge in [0.1, 0.15) is 5.75 Å². The lowest BCUT2D eigenvalue weighted by Crippen LogP contribution is -2.34. The van der Waals surface area contributed by atoms with Crippen molar-refractivity contribution in [2.75, 3.05) is 20.3 Å². The molecule has 0 aliphatic carbocycles. The third-order valence-electron chi connectivity index (χ3n) is 2.56. The van der Waals surface area contributed by atoms with Crippen LogP contribution in [0, 0.1) is 0 Å². The lowest BCUT2D eigenvalue weighted by atomic mass is 10.1. The maximum Gasteiger partial charge on any atom is 0.187 e. The van der Waals surface area contributed by atoms with E-state index in [0.717, 1.165) is 0 Å². The first kappa shape index (κ1) is 18.0. The molecule has 0 aliphatic rings. The fourth-order valence-electron chi connectivity index (χ4n) is 1.54. The Morgan fingerprint density at radius 1 is 1.43 bits per heavy atom. The lowest BCUT2D eigenvalue weighted by Gasteiger charge is -2.11. The van der Waals surface area contributed by atoms with Crippen LogP contribution in [0.2, 0.25) is 10.0 Å². The number of methoxy groups -OCH3 is 1. The van der Waals surface area contributed by atoms with Gasteiger partial charge in [0.2, 0.25) is 0 Å². The number of hydrazone groups is 1. The molecule has 8 heteroatoms. The molecule has 0 spiro atoms. The lowest BCUT2D eigenvalue weighted by molar-refractivity contribution is 0.204. The molecule has 0 fully saturated rings. The largest absolute Gasteiger partial charge is 0.506 e. The Bertz CT molecular complexity index is 538. The van der Waals surface area contributed by atoms with Crippen molar-refractivity contribution < 1.29 is 9.84 Å². The van der Waals surface area contributed by atoms with Crippen LogP contribution in [0.1, 0.15) is 18.9 Å². The van der Waals surface area contributed by atoms with Crippen LogP contribution in [-0.4, -0.2) is 36.2 Å². The summed E-state index contributed by atoms with van der Waals surface area (Å²) in [5.41, 5.74) is 3.78. The van der Waals surface area contributed by atoms with E-state index in [9.17, 15) is 5.11 Å². The molecular weight excluding hydrogens is 333 g/mol. The first-order valence-corrected chi connectivity index (χ1v) is 7.43. The summed E-state index contributed by atoms with van der Waals surface area (Å²) in [7, 11) is 1.61.